The molecule has 0 aromatic rings. The Morgan fingerprint density at radius 3 is 2.50 bits per heavy atom. The van der Waals surface area contributed by atoms with Gasteiger partial charge < -0.3 is 5.73 Å². The zero-order valence-electron chi connectivity index (χ0n) is 10.8. The van der Waals surface area contributed by atoms with Crippen molar-refractivity contribution in [2.75, 3.05) is 5.75 Å². The van der Waals surface area contributed by atoms with Gasteiger partial charge in [0.1, 0.15) is 0 Å². The highest BCUT2D eigenvalue weighted by Gasteiger charge is 2.25. The number of hydrogen-bond donors (Lipinski definition) is 1. The number of hydrogen-bond acceptors (Lipinski definition) is 2. The Kier molecular flexibility index (Phi) is 6.59. The Morgan fingerprint density at radius 1 is 1.25 bits per heavy atom. The summed E-state index contributed by atoms with van der Waals surface area (Å²) in [6, 6.07) is 0.171. The molecule has 1 saturated carbocycles. The second-order valence-corrected chi connectivity index (χ2v) is 6.96. The van der Waals surface area contributed by atoms with Crippen LogP contribution in [0.1, 0.15) is 58.8 Å². The minimum atomic E-state index is -0.710. The molecule has 1 aliphatic rings. The average molecular weight is 245 g/mol. The standard InChI is InChI=1S/C13H27NOS/c1-3-11(2)10-16(15)13-9-7-5-4-6-8-12(13)14/h11-13H,3-10,14H2,1-2H3. The zero-order valence-corrected chi connectivity index (χ0v) is 11.6. The maximum atomic E-state index is 12.3. The predicted octanol–water partition coefficient (Wildman–Crippen LogP) is 2.83. The van der Waals surface area contributed by atoms with Gasteiger partial charge in [-0.1, -0.05) is 46.0 Å². The number of rotatable bonds is 4. The van der Waals surface area contributed by atoms with Crippen molar-refractivity contribution in [3.05, 3.63) is 0 Å². The molecular formula is C13H27NOS. The lowest BCUT2D eigenvalue weighted by molar-refractivity contribution is 0.454. The minimum absolute atomic E-state index is 0.171. The zero-order chi connectivity index (χ0) is 12.0. The van der Waals surface area contributed by atoms with Crippen LogP contribution in [-0.2, 0) is 10.8 Å². The predicted molar refractivity (Wildman–Crippen MR) is 71.9 cm³/mol. The summed E-state index contributed by atoms with van der Waals surface area (Å²) in [6.07, 6.45) is 8.29. The molecule has 0 amide bonds. The van der Waals surface area contributed by atoms with Crippen molar-refractivity contribution >= 4 is 10.8 Å². The van der Waals surface area contributed by atoms with E-state index in [9.17, 15) is 4.21 Å². The van der Waals surface area contributed by atoms with Gasteiger partial charge in [-0.3, -0.25) is 4.21 Å². The Labute approximate surface area is 103 Å². The molecule has 16 heavy (non-hydrogen) atoms. The molecule has 0 radical (unpaired) electrons. The van der Waals surface area contributed by atoms with Crippen LogP contribution in [0.25, 0.3) is 0 Å². The fourth-order valence-electron chi connectivity index (χ4n) is 2.33. The van der Waals surface area contributed by atoms with E-state index >= 15 is 0 Å². The molecule has 1 aliphatic carbocycles. The quantitative estimate of drug-likeness (QED) is 0.827. The normalized spacial score (nSPS) is 31.4. The van der Waals surface area contributed by atoms with Crippen LogP contribution < -0.4 is 5.73 Å². The lowest BCUT2D eigenvalue weighted by atomic mass is 9.97. The lowest BCUT2D eigenvalue weighted by Gasteiger charge is -2.26. The molecule has 4 unspecified atom stereocenters. The third-order valence-electron chi connectivity index (χ3n) is 3.74. The van der Waals surface area contributed by atoms with Crippen LogP contribution in [0.3, 0.4) is 0 Å². The first kappa shape index (κ1) is 14.2. The van der Waals surface area contributed by atoms with E-state index in [1.54, 1.807) is 0 Å². The second-order valence-electron chi connectivity index (χ2n) is 5.25. The third-order valence-corrected chi connectivity index (χ3v) is 5.90. The van der Waals surface area contributed by atoms with E-state index < -0.39 is 10.8 Å². The first-order valence-corrected chi connectivity index (χ1v) is 8.16. The maximum absolute atomic E-state index is 12.3. The van der Waals surface area contributed by atoms with Crippen molar-refractivity contribution in [2.24, 2.45) is 11.7 Å². The molecule has 0 saturated heterocycles. The molecule has 4 atom stereocenters. The molecule has 0 bridgehead atoms. The number of nitrogens with two attached hydrogens (primary N) is 1. The fourth-order valence-corrected chi connectivity index (χ4v) is 4.33. The summed E-state index contributed by atoms with van der Waals surface area (Å²) in [5.41, 5.74) is 6.17. The third kappa shape index (κ3) is 4.54. The van der Waals surface area contributed by atoms with Crippen molar-refractivity contribution in [3.63, 3.8) is 0 Å². The lowest BCUT2D eigenvalue weighted by Crippen LogP contribution is -2.40. The van der Waals surface area contributed by atoms with Crippen LogP contribution >= 0.6 is 0 Å². The molecule has 0 spiro atoms. The van der Waals surface area contributed by atoms with Gasteiger partial charge in [-0.05, 0) is 18.8 Å². The minimum Gasteiger partial charge on any atom is -0.327 e. The molecule has 0 aliphatic heterocycles. The topological polar surface area (TPSA) is 43.1 Å². The summed E-state index contributed by atoms with van der Waals surface area (Å²) < 4.78 is 12.3. The molecule has 1 rings (SSSR count). The van der Waals surface area contributed by atoms with Gasteiger partial charge in [-0.15, -0.1) is 0 Å². The van der Waals surface area contributed by atoms with E-state index in [0.717, 1.165) is 25.0 Å². The summed E-state index contributed by atoms with van der Waals surface area (Å²) in [5.74, 6) is 1.41. The van der Waals surface area contributed by atoms with Gasteiger partial charge in [0.15, 0.2) is 0 Å². The van der Waals surface area contributed by atoms with Gasteiger partial charge in [0.25, 0.3) is 0 Å². The Hall–Kier alpha value is 0.110. The van der Waals surface area contributed by atoms with Gasteiger partial charge in [-0.25, -0.2) is 0 Å². The van der Waals surface area contributed by atoms with Crippen LogP contribution in [-0.4, -0.2) is 21.3 Å². The molecule has 0 aromatic carbocycles. The van der Waals surface area contributed by atoms with Crippen LogP contribution in [0.2, 0.25) is 0 Å². The highest BCUT2D eigenvalue weighted by molar-refractivity contribution is 7.85. The SMILES string of the molecule is CCC(C)CS(=O)C1CCCCCCC1N. The summed E-state index contributed by atoms with van der Waals surface area (Å²) in [6.45, 7) is 4.35. The summed E-state index contributed by atoms with van der Waals surface area (Å²) in [5, 5.41) is 0.259. The van der Waals surface area contributed by atoms with Crippen molar-refractivity contribution in [3.8, 4) is 0 Å². The van der Waals surface area contributed by atoms with E-state index in [4.69, 9.17) is 5.73 Å². The first-order valence-electron chi connectivity index (χ1n) is 6.78. The molecule has 3 heteroatoms. The van der Waals surface area contributed by atoms with Crippen molar-refractivity contribution in [1.29, 1.82) is 0 Å². The van der Waals surface area contributed by atoms with Crippen molar-refractivity contribution < 1.29 is 4.21 Å². The van der Waals surface area contributed by atoms with Crippen LogP contribution in [0, 0.1) is 5.92 Å². The second kappa shape index (κ2) is 7.44. The van der Waals surface area contributed by atoms with Crippen LogP contribution in [0.4, 0.5) is 0 Å². The highest BCUT2D eigenvalue weighted by atomic mass is 32.2. The molecule has 96 valence electrons. The van der Waals surface area contributed by atoms with Crippen LogP contribution in [0.15, 0.2) is 0 Å². The van der Waals surface area contributed by atoms with Gasteiger partial charge in [0.05, 0.1) is 0 Å². The van der Waals surface area contributed by atoms with Crippen LogP contribution in [0.5, 0.6) is 0 Å². The van der Waals surface area contributed by atoms with E-state index in [1.807, 2.05) is 0 Å². The Bertz CT molecular complexity index is 220. The summed E-state index contributed by atoms with van der Waals surface area (Å²) in [4.78, 5) is 0. The van der Waals surface area contributed by atoms with Crippen molar-refractivity contribution in [1.82, 2.24) is 0 Å². The summed E-state index contributed by atoms with van der Waals surface area (Å²) >= 11 is 0. The molecule has 2 nitrogen and oxygen atoms in total. The molecule has 0 heterocycles. The summed E-state index contributed by atoms with van der Waals surface area (Å²) in [7, 11) is -0.710. The molecular weight excluding hydrogens is 218 g/mol. The van der Waals surface area contributed by atoms with Gasteiger partial charge >= 0.3 is 0 Å². The fraction of sp³-hybridized carbons (Fsp3) is 1.00. The van der Waals surface area contributed by atoms with Gasteiger partial charge in [0, 0.05) is 27.8 Å². The molecule has 1 fully saturated rings. The Balaban J connectivity index is 2.49. The largest absolute Gasteiger partial charge is 0.327 e. The van der Waals surface area contributed by atoms with E-state index in [-0.39, 0.29) is 11.3 Å². The molecule has 0 aromatic heterocycles. The highest BCUT2D eigenvalue weighted by Crippen LogP contribution is 2.21. The average Bonchev–Trinajstić information content (AvgIpc) is 2.23. The monoisotopic (exact) mass is 245 g/mol. The maximum Gasteiger partial charge on any atom is 0.0499 e. The smallest absolute Gasteiger partial charge is 0.0499 e. The first-order chi connectivity index (χ1) is 7.65. The van der Waals surface area contributed by atoms with E-state index in [1.165, 1.54) is 25.7 Å². The van der Waals surface area contributed by atoms with E-state index in [0.29, 0.717) is 5.92 Å². The van der Waals surface area contributed by atoms with Gasteiger partial charge in [0.2, 0.25) is 0 Å². The molecule has 2 N–H and O–H groups in total. The van der Waals surface area contributed by atoms with Crippen molar-refractivity contribution in [2.45, 2.75) is 70.1 Å². The van der Waals surface area contributed by atoms with E-state index in [2.05, 4.69) is 13.8 Å². The van der Waals surface area contributed by atoms with Gasteiger partial charge in [-0.2, -0.15) is 0 Å². The Morgan fingerprint density at radius 2 is 1.88 bits per heavy atom.